The second-order valence-electron chi connectivity index (χ2n) is 5.54. The monoisotopic (exact) mass is 353 g/mol. The van der Waals surface area contributed by atoms with Gasteiger partial charge in [-0.2, -0.15) is 0 Å². The normalized spacial score (nSPS) is 22.1. The van der Waals surface area contributed by atoms with Crippen molar-refractivity contribution < 1.29 is 14.7 Å². The van der Waals surface area contributed by atoms with Crippen LogP contribution in [0.1, 0.15) is 31.7 Å². The second kappa shape index (κ2) is 7.07. The summed E-state index contributed by atoms with van der Waals surface area (Å²) in [5, 5.41) is 9.20. The molecule has 21 heavy (non-hydrogen) atoms. The highest BCUT2D eigenvalue weighted by molar-refractivity contribution is 9.10. The van der Waals surface area contributed by atoms with Crippen molar-refractivity contribution in [2.45, 2.75) is 38.6 Å². The van der Waals surface area contributed by atoms with E-state index in [9.17, 15) is 14.7 Å². The van der Waals surface area contributed by atoms with Crippen molar-refractivity contribution in [1.29, 1.82) is 0 Å². The van der Waals surface area contributed by atoms with Crippen LogP contribution in [-0.4, -0.2) is 34.5 Å². The van der Waals surface area contributed by atoms with E-state index in [1.807, 2.05) is 31.2 Å². The van der Waals surface area contributed by atoms with Crippen molar-refractivity contribution in [2.75, 3.05) is 6.54 Å². The molecule has 0 saturated carbocycles. The smallest absolute Gasteiger partial charge is 0.308 e. The van der Waals surface area contributed by atoms with Gasteiger partial charge in [0.2, 0.25) is 5.91 Å². The minimum Gasteiger partial charge on any atom is -0.481 e. The molecule has 4 nitrogen and oxygen atoms in total. The zero-order chi connectivity index (χ0) is 15.4. The van der Waals surface area contributed by atoms with E-state index in [-0.39, 0.29) is 11.9 Å². The van der Waals surface area contributed by atoms with Gasteiger partial charge in [-0.1, -0.05) is 28.1 Å². The van der Waals surface area contributed by atoms with Crippen molar-refractivity contribution in [2.24, 2.45) is 5.92 Å². The molecule has 0 aromatic heterocycles. The van der Waals surface area contributed by atoms with Crippen LogP contribution < -0.4 is 0 Å². The number of carboxylic acids is 1. The number of nitrogens with zero attached hydrogens (tertiary/aromatic N) is 1. The Bertz CT molecular complexity index is 515. The minimum absolute atomic E-state index is 0.0522. The van der Waals surface area contributed by atoms with Crippen LogP contribution in [0.15, 0.2) is 28.7 Å². The van der Waals surface area contributed by atoms with Crippen LogP contribution in [0.4, 0.5) is 0 Å². The van der Waals surface area contributed by atoms with Crippen molar-refractivity contribution in [3.8, 4) is 0 Å². The number of aliphatic carboxylic acids is 1. The lowest BCUT2D eigenvalue weighted by Crippen LogP contribution is -2.49. The maximum Gasteiger partial charge on any atom is 0.308 e. The predicted octanol–water partition coefficient (Wildman–Crippen LogP) is 3.09. The molecule has 1 N–H and O–H groups in total. The maximum absolute atomic E-state index is 12.3. The van der Waals surface area contributed by atoms with E-state index in [4.69, 9.17) is 0 Å². The third-order valence-corrected chi connectivity index (χ3v) is 4.70. The summed E-state index contributed by atoms with van der Waals surface area (Å²) in [5.41, 5.74) is 1.12. The fourth-order valence-electron chi connectivity index (χ4n) is 2.87. The van der Waals surface area contributed by atoms with Crippen LogP contribution in [-0.2, 0) is 16.0 Å². The number of hydrogen-bond donors (Lipinski definition) is 1. The number of halogens is 1. The van der Waals surface area contributed by atoms with Gasteiger partial charge in [-0.05, 0) is 43.9 Å². The molecule has 0 radical (unpaired) electrons. The Kier molecular flexibility index (Phi) is 5.39. The van der Waals surface area contributed by atoms with Gasteiger partial charge in [0.15, 0.2) is 0 Å². The fraction of sp³-hybridized carbons (Fsp3) is 0.500. The number of carboxylic acid groups (broad SMARTS) is 1. The van der Waals surface area contributed by atoms with Gasteiger partial charge in [0.25, 0.3) is 0 Å². The van der Waals surface area contributed by atoms with E-state index in [2.05, 4.69) is 15.9 Å². The molecule has 2 rings (SSSR count). The summed E-state index contributed by atoms with van der Waals surface area (Å²) in [7, 11) is 0. The first-order valence-corrected chi connectivity index (χ1v) is 8.05. The van der Waals surface area contributed by atoms with Gasteiger partial charge in [-0.3, -0.25) is 9.59 Å². The molecule has 1 aromatic rings. The molecule has 1 saturated heterocycles. The molecule has 2 atom stereocenters. The number of amides is 1. The topological polar surface area (TPSA) is 57.6 Å². The lowest BCUT2D eigenvalue weighted by molar-refractivity contribution is -0.149. The first-order chi connectivity index (χ1) is 9.99. The average molecular weight is 354 g/mol. The molecule has 0 aliphatic carbocycles. The zero-order valence-electron chi connectivity index (χ0n) is 12.1. The molecule has 0 spiro atoms. The van der Waals surface area contributed by atoms with Crippen LogP contribution in [0, 0.1) is 5.92 Å². The van der Waals surface area contributed by atoms with Gasteiger partial charge < -0.3 is 10.0 Å². The van der Waals surface area contributed by atoms with E-state index in [1.165, 1.54) is 0 Å². The standard InChI is InChI=1S/C16H20BrNO3/c1-11-14(16(20)21)3-2-10-18(11)15(19)9-6-12-4-7-13(17)8-5-12/h4-5,7-8,11,14H,2-3,6,9-10H2,1H3,(H,20,21)/t11-,14-/m1/s1. The summed E-state index contributed by atoms with van der Waals surface area (Å²) in [6.07, 6.45) is 2.55. The lowest BCUT2D eigenvalue weighted by atomic mass is 9.90. The van der Waals surface area contributed by atoms with Gasteiger partial charge in [0.1, 0.15) is 0 Å². The van der Waals surface area contributed by atoms with E-state index < -0.39 is 11.9 Å². The molecular formula is C16H20BrNO3. The summed E-state index contributed by atoms with van der Waals surface area (Å²) in [4.78, 5) is 25.3. The number of rotatable bonds is 4. The van der Waals surface area contributed by atoms with Crippen molar-refractivity contribution >= 4 is 27.8 Å². The van der Waals surface area contributed by atoms with Gasteiger partial charge >= 0.3 is 5.97 Å². The predicted molar refractivity (Wildman–Crippen MR) is 84.0 cm³/mol. The van der Waals surface area contributed by atoms with E-state index in [0.29, 0.717) is 25.8 Å². The third-order valence-electron chi connectivity index (χ3n) is 4.17. The van der Waals surface area contributed by atoms with Gasteiger partial charge in [0.05, 0.1) is 5.92 Å². The molecule has 1 fully saturated rings. The summed E-state index contributed by atoms with van der Waals surface area (Å²) >= 11 is 3.39. The number of hydrogen-bond acceptors (Lipinski definition) is 2. The van der Waals surface area contributed by atoms with Crippen molar-refractivity contribution in [1.82, 2.24) is 4.90 Å². The zero-order valence-corrected chi connectivity index (χ0v) is 13.7. The summed E-state index contributed by atoms with van der Waals surface area (Å²) < 4.78 is 1.02. The number of likely N-dealkylation sites (tertiary alicyclic amines) is 1. The second-order valence-corrected chi connectivity index (χ2v) is 6.46. The molecular weight excluding hydrogens is 334 g/mol. The molecule has 1 heterocycles. The van der Waals surface area contributed by atoms with E-state index >= 15 is 0 Å². The fourth-order valence-corrected chi connectivity index (χ4v) is 3.14. The van der Waals surface area contributed by atoms with Crippen LogP contribution >= 0.6 is 15.9 Å². The van der Waals surface area contributed by atoms with Gasteiger partial charge in [0, 0.05) is 23.5 Å². The molecule has 1 aliphatic rings. The molecule has 0 bridgehead atoms. The molecule has 0 unspecified atom stereocenters. The van der Waals surface area contributed by atoms with Crippen molar-refractivity contribution in [3.63, 3.8) is 0 Å². The molecule has 114 valence electrons. The Morgan fingerprint density at radius 1 is 1.33 bits per heavy atom. The Labute approximate surface area is 133 Å². The lowest BCUT2D eigenvalue weighted by Gasteiger charge is -2.37. The first kappa shape index (κ1) is 16.0. The largest absolute Gasteiger partial charge is 0.481 e. The Morgan fingerprint density at radius 3 is 2.62 bits per heavy atom. The molecule has 1 aliphatic heterocycles. The summed E-state index contributed by atoms with van der Waals surface area (Å²) in [6, 6.07) is 7.70. The van der Waals surface area contributed by atoms with Gasteiger partial charge in [-0.15, -0.1) is 0 Å². The summed E-state index contributed by atoms with van der Waals surface area (Å²) in [5.74, 6) is -1.18. The first-order valence-electron chi connectivity index (χ1n) is 7.25. The Morgan fingerprint density at radius 2 is 2.00 bits per heavy atom. The van der Waals surface area contributed by atoms with Crippen molar-refractivity contribution in [3.05, 3.63) is 34.3 Å². The summed E-state index contributed by atoms with van der Waals surface area (Å²) in [6.45, 7) is 2.51. The highest BCUT2D eigenvalue weighted by Crippen LogP contribution is 2.24. The number of piperidine rings is 1. The highest BCUT2D eigenvalue weighted by atomic mass is 79.9. The SMILES string of the molecule is C[C@@H]1[C@H](C(=O)O)CCCN1C(=O)CCc1ccc(Br)cc1. The van der Waals surface area contributed by atoms with Crippen LogP contribution in [0.2, 0.25) is 0 Å². The van der Waals surface area contributed by atoms with Crippen LogP contribution in [0.5, 0.6) is 0 Å². The molecule has 1 amide bonds. The molecule has 1 aromatic carbocycles. The Balaban J connectivity index is 1.93. The van der Waals surface area contributed by atoms with Crippen LogP contribution in [0.25, 0.3) is 0 Å². The third kappa shape index (κ3) is 4.06. The maximum atomic E-state index is 12.3. The average Bonchev–Trinajstić information content (AvgIpc) is 2.46. The van der Waals surface area contributed by atoms with Crippen LogP contribution in [0.3, 0.4) is 0 Å². The van der Waals surface area contributed by atoms with Gasteiger partial charge in [-0.25, -0.2) is 0 Å². The minimum atomic E-state index is -0.798. The number of carbonyl (C=O) groups excluding carboxylic acids is 1. The quantitative estimate of drug-likeness (QED) is 0.904. The number of benzene rings is 1. The molecule has 5 heteroatoms. The number of aryl methyl sites for hydroxylation is 1. The highest BCUT2D eigenvalue weighted by Gasteiger charge is 2.34. The van der Waals surface area contributed by atoms with E-state index in [0.717, 1.165) is 16.5 Å². The number of carbonyl (C=O) groups is 2. The Hall–Kier alpha value is -1.36. The van der Waals surface area contributed by atoms with E-state index in [1.54, 1.807) is 4.90 Å².